The van der Waals surface area contributed by atoms with E-state index in [9.17, 15) is 5.11 Å². The second-order valence-electron chi connectivity index (χ2n) is 14.9. The van der Waals surface area contributed by atoms with E-state index < -0.39 is 0 Å². The second-order valence-corrected chi connectivity index (χ2v) is 16.6. The molecule has 0 aliphatic carbocycles. The summed E-state index contributed by atoms with van der Waals surface area (Å²) in [5.41, 5.74) is 8.35. The molecule has 3 heteroatoms. The first-order valence-corrected chi connectivity index (χ1v) is 17.9. The van der Waals surface area contributed by atoms with E-state index in [2.05, 4.69) is 158 Å². The van der Waals surface area contributed by atoms with E-state index in [0.29, 0.717) is 14.3 Å². The van der Waals surface area contributed by atoms with Crippen molar-refractivity contribution < 1.29 is 5.11 Å². The predicted molar refractivity (Wildman–Crippen MR) is 199 cm³/mol. The van der Waals surface area contributed by atoms with Gasteiger partial charge in [-0.3, -0.25) is 0 Å². The van der Waals surface area contributed by atoms with Crippen molar-refractivity contribution in [1.29, 1.82) is 0 Å². The Bertz CT molecular complexity index is 1490. The van der Waals surface area contributed by atoms with Gasteiger partial charge in [-0.2, -0.15) is 0 Å². The van der Waals surface area contributed by atoms with Gasteiger partial charge in [-0.25, -0.2) is 0 Å². The van der Waals surface area contributed by atoms with Crippen LogP contribution in [0.3, 0.4) is 0 Å². The van der Waals surface area contributed by atoms with Crippen molar-refractivity contribution in [2.24, 2.45) is 0 Å². The topological polar surface area (TPSA) is 23.5 Å². The minimum atomic E-state index is -0.160. The van der Waals surface area contributed by atoms with Gasteiger partial charge in [0.2, 0.25) is 0 Å². The molecule has 0 fully saturated rings. The van der Waals surface area contributed by atoms with Gasteiger partial charge in [-0.15, -0.1) is 0 Å². The van der Waals surface area contributed by atoms with E-state index in [0.717, 1.165) is 36.9 Å². The number of aromatic hydroxyl groups is 1. The van der Waals surface area contributed by atoms with Crippen LogP contribution in [-0.4, -0.2) is 5.11 Å². The van der Waals surface area contributed by atoms with Crippen molar-refractivity contribution in [3.8, 4) is 5.75 Å². The molecule has 4 aromatic carbocycles. The Morgan fingerprint density at radius 2 is 1.27 bits per heavy atom. The molecule has 0 saturated heterocycles. The molecule has 45 heavy (non-hydrogen) atoms. The summed E-state index contributed by atoms with van der Waals surface area (Å²) in [5.74, 6) is 0.505. The minimum Gasteiger partial charge on any atom is -0.507 e. The first kappa shape index (κ1) is 34.8. The molecule has 4 aromatic rings. The number of phenols is 1. The molecule has 1 N–H and O–H groups in total. The minimum absolute atomic E-state index is 0.0185. The number of anilines is 2. The third-order valence-electron chi connectivity index (χ3n) is 9.21. The van der Waals surface area contributed by atoms with Gasteiger partial charge in [0.1, 0.15) is 5.75 Å². The Hall–Kier alpha value is -3.09. The van der Waals surface area contributed by atoms with Crippen molar-refractivity contribution in [3.63, 3.8) is 0 Å². The molecule has 2 atom stereocenters. The van der Waals surface area contributed by atoms with Crippen molar-refractivity contribution in [1.82, 2.24) is 0 Å². The number of aryl methyl sites for hydroxylation is 1. The van der Waals surface area contributed by atoms with Gasteiger partial charge >= 0.3 is 0 Å². The molecular formula is C42H56NOP. The summed E-state index contributed by atoms with van der Waals surface area (Å²) in [6.45, 7) is 21.2. The van der Waals surface area contributed by atoms with Crippen molar-refractivity contribution >= 4 is 25.3 Å². The van der Waals surface area contributed by atoms with Crippen molar-refractivity contribution in [3.05, 3.63) is 119 Å². The van der Waals surface area contributed by atoms with Gasteiger partial charge in [-0.1, -0.05) is 156 Å². The molecular weight excluding hydrogens is 565 g/mol. The van der Waals surface area contributed by atoms with E-state index in [1.165, 1.54) is 46.2 Å². The van der Waals surface area contributed by atoms with Crippen LogP contribution in [0.5, 0.6) is 5.75 Å². The molecule has 0 bridgehead atoms. The summed E-state index contributed by atoms with van der Waals surface area (Å²) in [6, 6.07) is 33.1. The van der Waals surface area contributed by atoms with E-state index in [-0.39, 0.29) is 16.0 Å². The third-order valence-corrected chi connectivity index (χ3v) is 11.3. The molecule has 240 valence electrons. The number of phenolic OH excluding ortho intramolecular Hbond substituents is 1. The maximum absolute atomic E-state index is 12.2. The molecule has 0 heterocycles. The Kier molecular flexibility index (Phi) is 11.2. The number of hydrogen-bond donors (Lipinski definition) is 1. The fraction of sp³-hybridized carbons (Fsp3) is 0.429. The van der Waals surface area contributed by atoms with Gasteiger partial charge in [0, 0.05) is 28.6 Å². The zero-order valence-corrected chi connectivity index (χ0v) is 30.3. The Morgan fingerprint density at radius 3 is 1.78 bits per heavy atom. The third kappa shape index (κ3) is 8.39. The van der Waals surface area contributed by atoms with Crippen LogP contribution in [-0.2, 0) is 22.5 Å². The quantitative estimate of drug-likeness (QED) is 0.126. The van der Waals surface area contributed by atoms with Crippen molar-refractivity contribution in [2.75, 3.05) is 4.90 Å². The highest BCUT2D eigenvalue weighted by Crippen LogP contribution is 2.54. The fourth-order valence-corrected chi connectivity index (χ4v) is 8.15. The first-order chi connectivity index (χ1) is 21.3. The van der Waals surface area contributed by atoms with Gasteiger partial charge < -0.3 is 10.0 Å². The second kappa shape index (κ2) is 14.6. The Labute approximate surface area is 276 Å². The van der Waals surface area contributed by atoms with Gasteiger partial charge in [0.05, 0.1) is 0 Å². The van der Waals surface area contributed by atoms with Gasteiger partial charge in [-0.05, 0) is 76.9 Å². The van der Waals surface area contributed by atoms with Crippen LogP contribution in [0.1, 0.15) is 115 Å². The maximum Gasteiger partial charge on any atom is 0.123 e. The number of para-hydroxylation sites is 2. The number of rotatable bonds is 12. The summed E-state index contributed by atoms with van der Waals surface area (Å²) < 4.78 is 0. The SMILES string of the molecule is CCCCCC(CC)(Pc1ccc(C)cc1CN(c1ccccc1)c1ccccc1)c1cc(C(C)(C)C)cc(C(C)(C)C)c1O. The van der Waals surface area contributed by atoms with Crippen LogP contribution in [0, 0.1) is 6.92 Å². The smallest absolute Gasteiger partial charge is 0.123 e. The Balaban J connectivity index is 1.90. The fourth-order valence-electron chi connectivity index (χ4n) is 6.35. The van der Waals surface area contributed by atoms with Crippen molar-refractivity contribution in [2.45, 2.75) is 117 Å². The zero-order valence-electron chi connectivity index (χ0n) is 29.3. The van der Waals surface area contributed by atoms with E-state index >= 15 is 0 Å². The largest absolute Gasteiger partial charge is 0.507 e. The first-order valence-electron chi connectivity index (χ1n) is 16.9. The van der Waals surface area contributed by atoms with Crippen LogP contribution in [0.25, 0.3) is 0 Å². The molecule has 0 saturated carbocycles. The zero-order chi connectivity index (χ0) is 32.8. The van der Waals surface area contributed by atoms with Crippen LogP contribution >= 0.6 is 8.58 Å². The lowest BCUT2D eigenvalue weighted by molar-refractivity contribution is 0.415. The summed E-state index contributed by atoms with van der Waals surface area (Å²) >= 11 is 0. The maximum atomic E-state index is 12.2. The van der Waals surface area contributed by atoms with Crippen LogP contribution in [0.15, 0.2) is 91.0 Å². The molecule has 0 aromatic heterocycles. The lowest BCUT2D eigenvalue weighted by atomic mass is 9.76. The number of hydrogen-bond acceptors (Lipinski definition) is 2. The lowest BCUT2D eigenvalue weighted by Crippen LogP contribution is -2.28. The average molecular weight is 622 g/mol. The molecule has 2 unspecified atom stereocenters. The standard InChI is InChI=1S/C42H56NOP/c1-10-12-19-26-42(11-2,37-29-33(40(4,5)6)28-36(39(37)44)41(7,8)9)45-38-25-24-31(3)27-32(38)30-43(34-20-15-13-16-21-34)35-22-17-14-18-23-35/h13-18,20-25,27-29,44-45H,10-12,19,26,30H2,1-9H3. The number of benzene rings is 4. The van der Waals surface area contributed by atoms with E-state index in [4.69, 9.17) is 0 Å². The number of nitrogens with zero attached hydrogens (tertiary/aromatic N) is 1. The van der Waals surface area contributed by atoms with Crippen LogP contribution < -0.4 is 10.2 Å². The summed E-state index contributed by atoms with van der Waals surface area (Å²) in [4.78, 5) is 2.43. The van der Waals surface area contributed by atoms with E-state index in [1.807, 2.05) is 0 Å². The summed E-state index contributed by atoms with van der Waals surface area (Å²) in [7, 11) is 0.534. The highest BCUT2D eigenvalue weighted by molar-refractivity contribution is 7.48. The monoisotopic (exact) mass is 621 g/mol. The van der Waals surface area contributed by atoms with E-state index in [1.54, 1.807) is 0 Å². The van der Waals surface area contributed by atoms with Crippen LogP contribution in [0.4, 0.5) is 11.4 Å². The highest BCUT2D eigenvalue weighted by atomic mass is 31.1. The van der Waals surface area contributed by atoms with Gasteiger partial charge in [0.15, 0.2) is 0 Å². The summed E-state index contributed by atoms with van der Waals surface area (Å²) in [6.07, 6.45) is 5.59. The summed E-state index contributed by atoms with van der Waals surface area (Å²) in [5, 5.41) is 13.4. The molecule has 2 nitrogen and oxygen atoms in total. The molecule has 4 rings (SSSR count). The molecule has 0 radical (unpaired) electrons. The predicted octanol–water partition coefficient (Wildman–Crippen LogP) is 11.8. The normalized spacial score (nSPS) is 13.7. The molecule has 0 aliphatic heterocycles. The van der Waals surface area contributed by atoms with Crippen LogP contribution in [0.2, 0.25) is 0 Å². The highest BCUT2D eigenvalue weighted by Gasteiger charge is 2.37. The van der Waals surface area contributed by atoms with Gasteiger partial charge in [0.25, 0.3) is 0 Å². The number of unbranched alkanes of at least 4 members (excludes halogenated alkanes) is 2. The molecule has 0 aliphatic rings. The lowest BCUT2D eigenvalue weighted by Gasteiger charge is -2.38. The Morgan fingerprint density at radius 1 is 0.689 bits per heavy atom. The average Bonchev–Trinajstić information content (AvgIpc) is 3.00. The molecule has 0 amide bonds. The molecule has 0 spiro atoms.